The van der Waals surface area contributed by atoms with E-state index >= 15 is 0 Å². The zero-order chi connectivity index (χ0) is 20.9. The van der Waals surface area contributed by atoms with Crippen molar-refractivity contribution in [2.75, 3.05) is 23.7 Å². The first-order valence-electron chi connectivity index (χ1n) is 9.13. The number of carbonyl (C=O) groups is 1. The fraction of sp³-hybridized carbons (Fsp3) is 0.381. The van der Waals surface area contributed by atoms with Gasteiger partial charge in [-0.3, -0.25) is 9.10 Å². The normalized spacial score (nSPS) is 12.3. The topological polar surface area (TPSA) is 75.7 Å². The van der Waals surface area contributed by atoms with Gasteiger partial charge in [-0.25, -0.2) is 8.42 Å². The lowest BCUT2D eigenvalue weighted by atomic mass is 10.1. The summed E-state index contributed by atoms with van der Waals surface area (Å²) in [6, 6.07) is 12.0. The number of aryl methyl sites for hydroxylation is 3. The smallest absolute Gasteiger partial charge is 0.243 e. The summed E-state index contributed by atoms with van der Waals surface area (Å²) >= 11 is 0. The molecule has 1 N–H and O–H groups in total. The largest absolute Gasteiger partial charge is 0.492 e. The second kappa shape index (κ2) is 9.10. The summed E-state index contributed by atoms with van der Waals surface area (Å²) in [7, 11) is -3.62. The lowest BCUT2D eigenvalue weighted by molar-refractivity contribution is -0.121. The van der Waals surface area contributed by atoms with E-state index in [9.17, 15) is 13.2 Å². The first-order valence-corrected chi connectivity index (χ1v) is 11.0. The lowest BCUT2D eigenvalue weighted by Crippen LogP contribution is -2.48. The van der Waals surface area contributed by atoms with Crippen molar-refractivity contribution in [3.05, 3.63) is 59.2 Å². The van der Waals surface area contributed by atoms with Crippen LogP contribution in [0.2, 0.25) is 0 Å². The molecule has 0 aromatic heterocycles. The second-order valence-electron chi connectivity index (χ2n) is 6.96. The molecule has 1 amide bonds. The maximum atomic E-state index is 12.5. The zero-order valence-electron chi connectivity index (χ0n) is 17.0. The van der Waals surface area contributed by atoms with Crippen LogP contribution in [0, 0.1) is 20.8 Å². The van der Waals surface area contributed by atoms with Gasteiger partial charge in [-0.05, 0) is 63.1 Å². The molecule has 0 saturated heterocycles. The van der Waals surface area contributed by atoms with Gasteiger partial charge in [0.2, 0.25) is 15.9 Å². The van der Waals surface area contributed by atoms with Crippen molar-refractivity contribution < 1.29 is 17.9 Å². The Bertz CT molecular complexity index is 924. The van der Waals surface area contributed by atoms with E-state index in [2.05, 4.69) is 5.32 Å². The highest BCUT2D eigenvalue weighted by atomic mass is 32.2. The van der Waals surface area contributed by atoms with E-state index in [1.54, 1.807) is 19.1 Å². The minimum Gasteiger partial charge on any atom is -0.492 e. The third kappa shape index (κ3) is 5.73. The molecule has 0 heterocycles. The molecule has 7 heteroatoms. The van der Waals surface area contributed by atoms with Crippen LogP contribution in [0.3, 0.4) is 0 Å². The molecule has 6 nitrogen and oxygen atoms in total. The summed E-state index contributed by atoms with van der Waals surface area (Å²) in [6.07, 6.45) is 1.10. The second-order valence-corrected chi connectivity index (χ2v) is 8.82. The predicted octanol–water partition coefficient (Wildman–Crippen LogP) is 2.96. The molecule has 0 unspecified atom stereocenters. The van der Waals surface area contributed by atoms with Gasteiger partial charge in [-0.2, -0.15) is 0 Å². The lowest BCUT2D eigenvalue weighted by Gasteiger charge is -2.28. The minimum absolute atomic E-state index is 0.279. The van der Waals surface area contributed by atoms with Crippen molar-refractivity contribution in [1.29, 1.82) is 0 Å². The third-order valence-electron chi connectivity index (χ3n) is 4.53. The highest BCUT2D eigenvalue weighted by Crippen LogP contribution is 2.21. The van der Waals surface area contributed by atoms with Gasteiger partial charge in [-0.1, -0.05) is 23.8 Å². The van der Waals surface area contributed by atoms with Gasteiger partial charge in [0, 0.05) is 0 Å². The molecule has 2 rings (SSSR count). The molecule has 0 aliphatic carbocycles. The SMILES string of the molecule is Cc1ccc(N([C@H](C)C(=O)NCCOc2ccc(C)c(C)c2)S(C)(=O)=O)cc1. The first-order chi connectivity index (χ1) is 13.1. The van der Waals surface area contributed by atoms with Gasteiger partial charge >= 0.3 is 0 Å². The molecular weight excluding hydrogens is 376 g/mol. The maximum absolute atomic E-state index is 12.5. The molecule has 152 valence electrons. The molecule has 0 fully saturated rings. The van der Waals surface area contributed by atoms with Crippen LogP contribution in [0.4, 0.5) is 5.69 Å². The molecular formula is C21H28N2O4S. The number of sulfonamides is 1. The van der Waals surface area contributed by atoms with E-state index in [1.807, 2.05) is 51.1 Å². The van der Waals surface area contributed by atoms with E-state index in [1.165, 1.54) is 5.56 Å². The number of nitrogens with one attached hydrogen (secondary N) is 1. The van der Waals surface area contributed by atoms with Crippen LogP contribution < -0.4 is 14.4 Å². The van der Waals surface area contributed by atoms with Crippen molar-refractivity contribution >= 4 is 21.6 Å². The van der Waals surface area contributed by atoms with E-state index < -0.39 is 16.1 Å². The summed E-state index contributed by atoms with van der Waals surface area (Å²) in [5, 5.41) is 2.74. The monoisotopic (exact) mass is 404 g/mol. The fourth-order valence-electron chi connectivity index (χ4n) is 2.79. The van der Waals surface area contributed by atoms with E-state index in [-0.39, 0.29) is 12.5 Å². The number of nitrogens with zero attached hydrogens (tertiary/aromatic N) is 1. The summed E-state index contributed by atoms with van der Waals surface area (Å²) in [5.41, 5.74) is 3.79. The summed E-state index contributed by atoms with van der Waals surface area (Å²) in [4.78, 5) is 12.5. The number of hydrogen-bond donors (Lipinski definition) is 1. The van der Waals surface area contributed by atoms with Crippen LogP contribution in [0.25, 0.3) is 0 Å². The maximum Gasteiger partial charge on any atom is 0.243 e. The molecule has 2 aromatic carbocycles. The summed E-state index contributed by atoms with van der Waals surface area (Å²) in [5.74, 6) is 0.359. The Morgan fingerprint density at radius 3 is 2.29 bits per heavy atom. The number of amides is 1. The van der Waals surface area contributed by atoms with Crippen LogP contribution in [0.1, 0.15) is 23.6 Å². The number of benzene rings is 2. The minimum atomic E-state index is -3.62. The molecule has 0 spiro atoms. The van der Waals surface area contributed by atoms with E-state index in [4.69, 9.17) is 4.74 Å². The highest BCUT2D eigenvalue weighted by molar-refractivity contribution is 7.92. The average molecular weight is 405 g/mol. The number of rotatable bonds is 8. The Hall–Kier alpha value is -2.54. The van der Waals surface area contributed by atoms with Crippen molar-refractivity contribution in [3.63, 3.8) is 0 Å². The van der Waals surface area contributed by atoms with Crippen molar-refractivity contribution in [2.24, 2.45) is 0 Å². The predicted molar refractivity (Wildman–Crippen MR) is 112 cm³/mol. The summed E-state index contributed by atoms with van der Waals surface area (Å²) in [6.45, 7) is 8.10. The van der Waals surface area contributed by atoms with E-state index in [0.717, 1.165) is 27.4 Å². The highest BCUT2D eigenvalue weighted by Gasteiger charge is 2.28. The molecule has 0 saturated carbocycles. The average Bonchev–Trinajstić information content (AvgIpc) is 2.62. The zero-order valence-corrected chi connectivity index (χ0v) is 17.8. The van der Waals surface area contributed by atoms with Crippen LogP contribution in [0.5, 0.6) is 5.75 Å². The van der Waals surface area contributed by atoms with Gasteiger partial charge in [-0.15, -0.1) is 0 Å². The van der Waals surface area contributed by atoms with Crippen molar-refractivity contribution in [3.8, 4) is 5.75 Å². The Morgan fingerprint density at radius 1 is 1.07 bits per heavy atom. The molecule has 28 heavy (non-hydrogen) atoms. The summed E-state index contributed by atoms with van der Waals surface area (Å²) < 4.78 is 31.3. The number of ether oxygens (including phenoxy) is 1. The van der Waals surface area contributed by atoms with Crippen molar-refractivity contribution in [2.45, 2.75) is 33.7 Å². The number of hydrogen-bond acceptors (Lipinski definition) is 4. The third-order valence-corrected chi connectivity index (χ3v) is 5.77. The Labute approximate surface area is 167 Å². The van der Waals surface area contributed by atoms with Gasteiger partial charge in [0.25, 0.3) is 0 Å². The van der Waals surface area contributed by atoms with Crippen LogP contribution >= 0.6 is 0 Å². The molecule has 0 aliphatic heterocycles. The standard InChI is InChI=1S/C21H28N2O4S/c1-15-6-9-19(10-7-15)23(28(5,25)26)18(4)21(24)22-12-13-27-20-11-8-16(2)17(3)14-20/h6-11,14,18H,12-13H2,1-5H3,(H,22,24)/t18-/m1/s1. The Kier molecular flexibility index (Phi) is 7.07. The first kappa shape index (κ1) is 21.8. The van der Waals surface area contributed by atoms with Crippen molar-refractivity contribution in [1.82, 2.24) is 5.32 Å². The quantitative estimate of drug-likeness (QED) is 0.687. The van der Waals surface area contributed by atoms with Gasteiger partial charge in [0.15, 0.2) is 0 Å². The Morgan fingerprint density at radius 2 is 1.71 bits per heavy atom. The van der Waals surface area contributed by atoms with Crippen LogP contribution in [0.15, 0.2) is 42.5 Å². The molecule has 0 aliphatic rings. The molecule has 0 bridgehead atoms. The van der Waals surface area contributed by atoms with E-state index in [0.29, 0.717) is 12.3 Å². The van der Waals surface area contributed by atoms with Crippen LogP contribution in [-0.4, -0.2) is 39.8 Å². The van der Waals surface area contributed by atoms with Gasteiger partial charge in [0.05, 0.1) is 18.5 Å². The van der Waals surface area contributed by atoms with Gasteiger partial charge < -0.3 is 10.1 Å². The number of anilines is 1. The van der Waals surface area contributed by atoms with Gasteiger partial charge in [0.1, 0.15) is 18.4 Å². The molecule has 1 atom stereocenters. The number of carbonyl (C=O) groups excluding carboxylic acids is 1. The molecule has 2 aromatic rings. The molecule has 0 radical (unpaired) electrons. The Balaban J connectivity index is 1.97. The van der Waals surface area contributed by atoms with Crippen LogP contribution in [-0.2, 0) is 14.8 Å². The fourth-order valence-corrected chi connectivity index (χ4v) is 3.97.